The van der Waals surface area contributed by atoms with Crippen LogP contribution in [0.2, 0.25) is 0 Å². The van der Waals surface area contributed by atoms with Crippen molar-refractivity contribution in [1.29, 1.82) is 0 Å². The highest BCUT2D eigenvalue weighted by atomic mass is 16.7. The molecule has 1 heterocycles. The van der Waals surface area contributed by atoms with Gasteiger partial charge in [-0.15, -0.1) is 0 Å². The molecule has 6 N–H and O–H groups in total. The zero-order valence-electron chi connectivity index (χ0n) is 49.3. The highest BCUT2D eigenvalue weighted by Crippen LogP contribution is 2.26. The van der Waals surface area contributed by atoms with Gasteiger partial charge in [-0.05, 0) is 96.3 Å². The summed E-state index contributed by atoms with van der Waals surface area (Å²) in [6.45, 7) is 5.73. The number of allylic oxidation sites excluding steroid dienone is 11. The van der Waals surface area contributed by atoms with E-state index in [4.69, 9.17) is 14.2 Å². The molecule has 1 aliphatic heterocycles. The Kier molecular flexibility index (Phi) is 50.3. The minimum Gasteiger partial charge on any atom is -0.454 e. The van der Waals surface area contributed by atoms with E-state index in [0.717, 1.165) is 103 Å². The van der Waals surface area contributed by atoms with Crippen molar-refractivity contribution in [1.82, 2.24) is 5.32 Å². The summed E-state index contributed by atoms with van der Waals surface area (Å²) in [5, 5.41) is 57.0. The maximum atomic E-state index is 13.4. The van der Waals surface area contributed by atoms with Gasteiger partial charge in [-0.3, -0.25) is 9.59 Å². The van der Waals surface area contributed by atoms with Crippen LogP contribution in [0.5, 0.6) is 0 Å². The van der Waals surface area contributed by atoms with E-state index in [1.54, 1.807) is 6.08 Å². The number of ether oxygens (including phenoxy) is 3. The first-order valence-electron chi connectivity index (χ1n) is 31.7. The van der Waals surface area contributed by atoms with E-state index in [2.05, 4.69) is 86.8 Å². The smallest absolute Gasteiger partial charge is 0.306 e. The van der Waals surface area contributed by atoms with Crippen LogP contribution < -0.4 is 5.32 Å². The maximum Gasteiger partial charge on any atom is 0.306 e. The molecule has 446 valence electrons. The zero-order valence-corrected chi connectivity index (χ0v) is 49.3. The van der Waals surface area contributed by atoms with Gasteiger partial charge in [-0.2, -0.15) is 0 Å². The van der Waals surface area contributed by atoms with Crippen LogP contribution in [0.1, 0.15) is 271 Å². The molecule has 1 rings (SSSR count). The number of rotatable bonds is 53. The van der Waals surface area contributed by atoms with Crippen molar-refractivity contribution >= 4 is 11.9 Å². The lowest BCUT2D eigenvalue weighted by Crippen LogP contribution is -2.61. The van der Waals surface area contributed by atoms with Crippen molar-refractivity contribution in [2.75, 3.05) is 13.2 Å². The molecule has 0 aromatic carbocycles. The van der Waals surface area contributed by atoms with E-state index in [1.165, 1.54) is 122 Å². The number of carbonyl (C=O) groups is 2. The Balaban J connectivity index is 2.71. The summed E-state index contributed by atoms with van der Waals surface area (Å²) >= 11 is 0. The molecule has 0 aromatic rings. The molecular formula is C66H117NO10. The third-order valence-electron chi connectivity index (χ3n) is 14.6. The first-order valence-corrected chi connectivity index (χ1v) is 31.7. The van der Waals surface area contributed by atoms with Gasteiger partial charge in [0, 0.05) is 6.42 Å². The SMILES string of the molecule is CCCCC/C=C\C/C=C\C/C=C\CCCCCCCC(O)C(=O)NC(COC1OC(CO)C(O)C(O)C1OC(=O)CCCCCCCCC/C=C\C/C=C\CCCCC)C(O)/C=C/CCCCCCCCCCCCC. The van der Waals surface area contributed by atoms with Gasteiger partial charge in [0.05, 0.1) is 25.4 Å². The molecule has 0 radical (unpaired) electrons. The summed E-state index contributed by atoms with van der Waals surface area (Å²) in [5.74, 6) is -1.21. The van der Waals surface area contributed by atoms with Crippen LogP contribution in [0.15, 0.2) is 72.9 Å². The van der Waals surface area contributed by atoms with E-state index in [-0.39, 0.29) is 19.4 Å². The summed E-state index contributed by atoms with van der Waals surface area (Å²) in [4.78, 5) is 26.6. The summed E-state index contributed by atoms with van der Waals surface area (Å²) in [7, 11) is 0. The predicted octanol–water partition coefficient (Wildman–Crippen LogP) is 15.2. The Hall–Kier alpha value is -2.90. The third-order valence-corrected chi connectivity index (χ3v) is 14.6. The molecule has 11 heteroatoms. The quantitative estimate of drug-likeness (QED) is 0.0195. The number of esters is 1. The lowest BCUT2D eigenvalue weighted by Gasteiger charge is -2.41. The number of carbonyl (C=O) groups excluding carboxylic acids is 2. The van der Waals surface area contributed by atoms with Crippen molar-refractivity contribution in [2.45, 2.75) is 320 Å². The Morgan fingerprint density at radius 2 is 0.896 bits per heavy atom. The van der Waals surface area contributed by atoms with Crippen molar-refractivity contribution < 1.29 is 49.3 Å². The number of aliphatic hydroxyl groups excluding tert-OH is 5. The average molecular weight is 1080 g/mol. The molecule has 0 saturated carbocycles. The van der Waals surface area contributed by atoms with E-state index in [1.807, 2.05) is 6.08 Å². The number of hydrogen-bond donors (Lipinski definition) is 6. The molecule has 1 saturated heterocycles. The molecule has 1 aliphatic rings. The van der Waals surface area contributed by atoms with Gasteiger partial charge in [0.15, 0.2) is 12.4 Å². The van der Waals surface area contributed by atoms with E-state index >= 15 is 0 Å². The summed E-state index contributed by atoms with van der Waals surface area (Å²) < 4.78 is 17.6. The largest absolute Gasteiger partial charge is 0.454 e. The van der Waals surface area contributed by atoms with E-state index in [0.29, 0.717) is 12.8 Å². The maximum absolute atomic E-state index is 13.4. The first kappa shape index (κ1) is 72.1. The van der Waals surface area contributed by atoms with E-state index < -0.39 is 67.4 Å². The molecule has 0 spiro atoms. The Bertz CT molecular complexity index is 1530. The summed E-state index contributed by atoms with van der Waals surface area (Å²) in [6, 6.07) is -1.04. The molecule has 77 heavy (non-hydrogen) atoms. The Morgan fingerprint density at radius 1 is 0.506 bits per heavy atom. The van der Waals surface area contributed by atoms with Gasteiger partial charge in [0.1, 0.15) is 24.4 Å². The number of unbranched alkanes of at least 4 members (excludes halogenated alkanes) is 29. The van der Waals surface area contributed by atoms with Crippen LogP contribution in [-0.2, 0) is 23.8 Å². The average Bonchev–Trinajstić information content (AvgIpc) is 3.43. The van der Waals surface area contributed by atoms with Gasteiger partial charge in [-0.25, -0.2) is 0 Å². The fraction of sp³-hybridized carbons (Fsp3) is 0.788. The molecule has 8 atom stereocenters. The molecule has 0 bridgehead atoms. The van der Waals surface area contributed by atoms with Crippen LogP contribution in [0.4, 0.5) is 0 Å². The van der Waals surface area contributed by atoms with Gasteiger partial charge in [0.2, 0.25) is 5.91 Å². The number of hydrogen-bond acceptors (Lipinski definition) is 10. The summed E-state index contributed by atoms with van der Waals surface area (Å²) in [6.07, 6.45) is 57.8. The van der Waals surface area contributed by atoms with Crippen molar-refractivity contribution in [3.05, 3.63) is 72.9 Å². The van der Waals surface area contributed by atoms with Crippen molar-refractivity contribution in [3.63, 3.8) is 0 Å². The summed E-state index contributed by atoms with van der Waals surface area (Å²) in [5.41, 5.74) is 0. The fourth-order valence-corrected chi connectivity index (χ4v) is 9.51. The molecule has 11 nitrogen and oxygen atoms in total. The molecule has 1 fully saturated rings. The fourth-order valence-electron chi connectivity index (χ4n) is 9.51. The van der Waals surface area contributed by atoms with Gasteiger partial charge in [-0.1, -0.05) is 241 Å². The number of nitrogens with one attached hydrogen (secondary N) is 1. The minimum atomic E-state index is -1.62. The zero-order chi connectivity index (χ0) is 56.1. The highest BCUT2D eigenvalue weighted by molar-refractivity contribution is 5.80. The van der Waals surface area contributed by atoms with Gasteiger partial charge < -0.3 is 45.1 Å². The molecule has 8 unspecified atom stereocenters. The first-order chi connectivity index (χ1) is 37.7. The minimum absolute atomic E-state index is 0.111. The van der Waals surface area contributed by atoms with Gasteiger partial charge in [0.25, 0.3) is 0 Å². The molecule has 1 amide bonds. The van der Waals surface area contributed by atoms with Crippen LogP contribution in [0, 0.1) is 0 Å². The number of amides is 1. The second-order valence-electron chi connectivity index (χ2n) is 21.8. The van der Waals surface area contributed by atoms with Crippen LogP contribution in [-0.4, -0.2) is 99.6 Å². The second-order valence-corrected chi connectivity index (χ2v) is 21.8. The van der Waals surface area contributed by atoms with E-state index in [9.17, 15) is 35.1 Å². The highest BCUT2D eigenvalue weighted by Gasteiger charge is 2.47. The third kappa shape index (κ3) is 41.7. The lowest BCUT2D eigenvalue weighted by molar-refractivity contribution is -0.305. The van der Waals surface area contributed by atoms with Crippen LogP contribution >= 0.6 is 0 Å². The van der Waals surface area contributed by atoms with Crippen LogP contribution in [0.3, 0.4) is 0 Å². The van der Waals surface area contributed by atoms with Crippen LogP contribution in [0.25, 0.3) is 0 Å². The normalized spacial score (nSPS) is 19.5. The van der Waals surface area contributed by atoms with Crippen molar-refractivity contribution in [3.8, 4) is 0 Å². The molecule has 0 aliphatic carbocycles. The topological polar surface area (TPSA) is 175 Å². The Labute approximate surface area is 471 Å². The Morgan fingerprint density at radius 3 is 1.36 bits per heavy atom. The molecular weight excluding hydrogens is 967 g/mol. The standard InChI is InChI=1S/C66H117NO10/c1-4-7-10-13-16-19-22-25-27-29-31-32-35-38-41-44-47-50-53-59(70)65(74)67-57(58(69)52-49-46-43-40-37-34-24-21-18-15-12-9-6-3)56-75-66-64(63(73)62(72)60(55-68)76-66)77-61(71)54-51-48-45-42-39-36-33-30-28-26-23-20-17-14-11-8-5-2/h16-17,19-20,25-28,31-32,49,52,57-60,62-64,66,68-70,72-73H,4-15,18,21-24,29-30,33-48,50-51,53-56H2,1-3H3,(H,67,74)/b19-16-,20-17-,27-25-,28-26-,32-31-,52-49+. The monoisotopic (exact) mass is 1080 g/mol. The molecule has 0 aromatic heterocycles. The predicted molar refractivity (Wildman–Crippen MR) is 319 cm³/mol. The van der Waals surface area contributed by atoms with Crippen molar-refractivity contribution in [2.24, 2.45) is 0 Å². The second kappa shape index (κ2) is 53.7. The van der Waals surface area contributed by atoms with Gasteiger partial charge >= 0.3 is 5.97 Å². The lowest BCUT2D eigenvalue weighted by atomic mass is 9.99. The number of aliphatic hydroxyl groups is 5.